The van der Waals surface area contributed by atoms with Crippen LogP contribution in [0.2, 0.25) is 0 Å². The van der Waals surface area contributed by atoms with Crippen molar-refractivity contribution in [1.29, 1.82) is 0 Å². The number of anilines is 1. The van der Waals surface area contributed by atoms with Crippen LogP contribution in [0.3, 0.4) is 0 Å². The highest BCUT2D eigenvalue weighted by molar-refractivity contribution is 9.10. The predicted molar refractivity (Wildman–Crippen MR) is 72.3 cm³/mol. The molecular weight excluding hydrogens is 284 g/mol. The first-order chi connectivity index (χ1) is 8.15. The number of nitrogens with one attached hydrogen (secondary N) is 2. The molecule has 0 unspecified atom stereocenters. The van der Waals surface area contributed by atoms with Gasteiger partial charge in [0.25, 0.3) is 0 Å². The predicted octanol–water partition coefficient (Wildman–Crippen LogP) is 1.93. The molecule has 0 aliphatic carbocycles. The standard InChI is InChI=1S/C12H17BrN2O2/c1-9-10(13)4-3-5-11(9)15-12(16)8-14-6-7-17-2/h3-5,14H,6-8H2,1-2H3,(H,15,16). The molecule has 2 N–H and O–H groups in total. The summed E-state index contributed by atoms with van der Waals surface area (Å²) in [7, 11) is 1.63. The maximum atomic E-state index is 11.6. The normalized spacial score (nSPS) is 10.3. The molecule has 0 spiro atoms. The molecule has 4 nitrogen and oxygen atoms in total. The average molecular weight is 301 g/mol. The van der Waals surface area contributed by atoms with Crippen molar-refractivity contribution >= 4 is 27.5 Å². The van der Waals surface area contributed by atoms with Gasteiger partial charge < -0.3 is 15.4 Å². The molecule has 0 radical (unpaired) electrons. The van der Waals surface area contributed by atoms with Gasteiger partial charge in [-0.25, -0.2) is 0 Å². The lowest BCUT2D eigenvalue weighted by Crippen LogP contribution is -2.30. The SMILES string of the molecule is COCCNCC(=O)Nc1cccc(Br)c1C. The highest BCUT2D eigenvalue weighted by Gasteiger charge is 2.05. The van der Waals surface area contributed by atoms with E-state index in [4.69, 9.17) is 4.74 Å². The number of halogens is 1. The molecule has 1 amide bonds. The summed E-state index contributed by atoms with van der Waals surface area (Å²) in [5, 5.41) is 5.85. The smallest absolute Gasteiger partial charge is 0.238 e. The third-order valence-corrected chi connectivity index (χ3v) is 3.17. The van der Waals surface area contributed by atoms with Crippen LogP contribution >= 0.6 is 15.9 Å². The highest BCUT2D eigenvalue weighted by Crippen LogP contribution is 2.23. The van der Waals surface area contributed by atoms with Gasteiger partial charge in [-0.15, -0.1) is 0 Å². The molecule has 0 atom stereocenters. The minimum absolute atomic E-state index is 0.0534. The van der Waals surface area contributed by atoms with Crippen molar-refractivity contribution in [2.75, 3.05) is 32.1 Å². The molecule has 0 aromatic heterocycles. The van der Waals surface area contributed by atoms with Gasteiger partial charge in [0.15, 0.2) is 0 Å². The van der Waals surface area contributed by atoms with E-state index in [1.165, 1.54) is 0 Å². The largest absolute Gasteiger partial charge is 0.383 e. The number of hydrogen-bond acceptors (Lipinski definition) is 3. The molecule has 0 aliphatic heterocycles. The number of rotatable bonds is 6. The lowest BCUT2D eigenvalue weighted by atomic mass is 10.2. The molecule has 0 fully saturated rings. The fourth-order valence-electron chi connectivity index (χ4n) is 1.31. The first-order valence-corrected chi connectivity index (χ1v) is 6.19. The summed E-state index contributed by atoms with van der Waals surface area (Å²) in [4.78, 5) is 11.6. The zero-order chi connectivity index (χ0) is 12.7. The maximum absolute atomic E-state index is 11.6. The average Bonchev–Trinajstić information content (AvgIpc) is 2.31. The molecule has 1 rings (SSSR count). The quantitative estimate of drug-likeness (QED) is 0.789. The number of methoxy groups -OCH3 is 1. The third-order valence-electron chi connectivity index (χ3n) is 2.31. The van der Waals surface area contributed by atoms with Crippen LogP contribution in [0.15, 0.2) is 22.7 Å². The molecule has 1 aromatic carbocycles. The van der Waals surface area contributed by atoms with Crippen LogP contribution in [0.5, 0.6) is 0 Å². The van der Waals surface area contributed by atoms with Gasteiger partial charge in [0, 0.05) is 23.8 Å². The van der Waals surface area contributed by atoms with E-state index in [1.54, 1.807) is 7.11 Å². The minimum Gasteiger partial charge on any atom is -0.383 e. The van der Waals surface area contributed by atoms with E-state index < -0.39 is 0 Å². The van der Waals surface area contributed by atoms with Crippen molar-refractivity contribution in [2.24, 2.45) is 0 Å². The van der Waals surface area contributed by atoms with Crippen LogP contribution in [0, 0.1) is 6.92 Å². The van der Waals surface area contributed by atoms with E-state index >= 15 is 0 Å². The van der Waals surface area contributed by atoms with Crippen LogP contribution in [0.4, 0.5) is 5.69 Å². The number of carbonyl (C=O) groups excluding carboxylic acids is 1. The maximum Gasteiger partial charge on any atom is 0.238 e. The zero-order valence-corrected chi connectivity index (χ0v) is 11.6. The lowest BCUT2D eigenvalue weighted by molar-refractivity contribution is -0.115. The molecule has 0 aliphatic rings. The fourth-order valence-corrected chi connectivity index (χ4v) is 1.68. The van der Waals surface area contributed by atoms with Crippen molar-refractivity contribution in [2.45, 2.75) is 6.92 Å². The Kier molecular flexibility index (Phi) is 6.18. The topological polar surface area (TPSA) is 50.4 Å². The Morgan fingerprint density at radius 3 is 2.94 bits per heavy atom. The van der Waals surface area contributed by atoms with Crippen LogP contribution < -0.4 is 10.6 Å². The number of benzene rings is 1. The molecule has 0 saturated carbocycles. The summed E-state index contributed by atoms with van der Waals surface area (Å²) < 4.78 is 5.86. The molecule has 0 saturated heterocycles. The van der Waals surface area contributed by atoms with Crippen molar-refractivity contribution < 1.29 is 9.53 Å². The summed E-state index contributed by atoms with van der Waals surface area (Å²) in [6.07, 6.45) is 0. The number of carbonyl (C=O) groups is 1. The molecule has 0 heterocycles. The second kappa shape index (κ2) is 7.42. The van der Waals surface area contributed by atoms with Crippen LogP contribution in [-0.4, -0.2) is 32.7 Å². The van der Waals surface area contributed by atoms with E-state index in [-0.39, 0.29) is 12.5 Å². The van der Waals surface area contributed by atoms with Crippen molar-refractivity contribution in [1.82, 2.24) is 5.32 Å². The lowest BCUT2D eigenvalue weighted by Gasteiger charge is -2.10. The molecular formula is C12H17BrN2O2. The Hall–Kier alpha value is -0.910. The third kappa shape index (κ3) is 4.85. The second-order valence-corrected chi connectivity index (χ2v) is 4.48. The van der Waals surface area contributed by atoms with Gasteiger partial charge in [-0.05, 0) is 24.6 Å². The van der Waals surface area contributed by atoms with Gasteiger partial charge in [-0.3, -0.25) is 4.79 Å². The summed E-state index contributed by atoms with van der Waals surface area (Å²) >= 11 is 3.43. The van der Waals surface area contributed by atoms with Crippen molar-refractivity contribution in [3.63, 3.8) is 0 Å². The second-order valence-electron chi connectivity index (χ2n) is 3.63. The number of amides is 1. The summed E-state index contributed by atoms with van der Waals surface area (Å²) in [6.45, 7) is 3.51. The Balaban J connectivity index is 2.43. The van der Waals surface area contributed by atoms with Crippen molar-refractivity contribution in [3.05, 3.63) is 28.2 Å². The monoisotopic (exact) mass is 300 g/mol. The Morgan fingerprint density at radius 2 is 2.24 bits per heavy atom. The van der Waals surface area contributed by atoms with Gasteiger partial charge in [0.2, 0.25) is 5.91 Å². The van der Waals surface area contributed by atoms with Gasteiger partial charge in [-0.2, -0.15) is 0 Å². The number of hydrogen-bond donors (Lipinski definition) is 2. The Labute approximate surface area is 110 Å². The summed E-state index contributed by atoms with van der Waals surface area (Å²) in [5.41, 5.74) is 1.86. The van der Waals surface area contributed by atoms with Crippen molar-refractivity contribution in [3.8, 4) is 0 Å². The summed E-state index contributed by atoms with van der Waals surface area (Å²) in [5.74, 6) is -0.0534. The molecule has 17 heavy (non-hydrogen) atoms. The van der Waals surface area contributed by atoms with Crippen LogP contribution in [-0.2, 0) is 9.53 Å². The van der Waals surface area contributed by atoms with E-state index in [1.807, 2.05) is 25.1 Å². The fraction of sp³-hybridized carbons (Fsp3) is 0.417. The Bertz CT molecular complexity index is 383. The minimum atomic E-state index is -0.0534. The molecule has 94 valence electrons. The highest BCUT2D eigenvalue weighted by atomic mass is 79.9. The molecule has 5 heteroatoms. The zero-order valence-electron chi connectivity index (χ0n) is 10.0. The Morgan fingerprint density at radius 1 is 1.47 bits per heavy atom. The summed E-state index contributed by atoms with van der Waals surface area (Å²) in [6, 6.07) is 5.72. The van der Waals surface area contributed by atoms with E-state index in [0.29, 0.717) is 13.2 Å². The van der Waals surface area contributed by atoms with Crippen LogP contribution in [0.25, 0.3) is 0 Å². The van der Waals surface area contributed by atoms with E-state index in [2.05, 4.69) is 26.6 Å². The van der Waals surface area contributed by atoms with Crippen LogP contribution in [0.1, 0.15) is 5.56 Å². The first-order valence-electron chi connectivity index (χ1n) is 5.39. The van der Waals surface area contributed by atoms with Gasteiger partial charge in [0.1, 0.15) is 0 Å². The van der Waals surface area contributed by atoms with Gasteiger partial charge in [-0.1, -0.05) is 22.0 Å². The van der Waals surface area contributed by atoms with E-state index in [9.17, 15) is 4.79 Å². The van der Waals surface area contributed by atoms with Gasteiger partial charge >= 0.3 is 0 Å². The first kappa shape index (κ1) is 14.2. The molecule has 1 aromatic rings. The number of ether oxygens (including phenoxy) is 1. The van der Waals surface area contributed by atoms with Gasteiger partial charge in [0.05, 0.1) is 13.2 Å². The molecule has 0 bridgehead atoms. The van der Waals surface area contributed by atoms with E-state index in [0.717, 1.165) is 15.7 Å².